The van der Waals surface area contributed by atoms with Gasteiger partial charge < -0.3 is 4.74 Å². The molecule has 1 unspecified atom stereocenters. The minimum atomic E-state index is -0.0531. The highest BCUT2D eigenvalue weighted by Gasteiger charge is 2.30. The quantitative estimate of drug-likeness (QED) is 0.664. The summed E-state index contributed by atoms with van der Waals surface area (Å²) in [5, 5.41) is 0. The second kappa shape index (κ2) is 4.97. The summed E-state index contributed by atoms with van der Waals surface area (Å²) in [6.07, 6.45) is 7.10. The van der Waals surface area contributed by atoms with Crippen molar-refractivity contribution in [3.05, 3.63) is 0 Å². The largest absolute Gasteiger partial charge is 0.469 e. The smallest absolute Gasteiger partial charge is 0.307 e. The second-order valence-electron chi connectivity index (χ2n) is 4.87. The number of rotatable bonds is 4. The molecule has 1 atom stereocenters. The van der Waals surface area contributed by atoms with Crippen LogP contribution in [0, 0.1) is 5.92 Å². The van der Waals surface area contributed by atoms with Gasteiger partial charge in [0.25, 0.3) is 0 Å². The van der Waals surface area contributed by atoms with E-state index >= 15 is 0 Å². The molecule has 2 aliphatic rings. The number of carbonyl (C=O) groups is 1. The Labute approximate surface area is 91.8 Å². The molecule has 0 radical (unpaired) electrons. The number of nitrogens with zero attached hydrogens (tertiary/aromatic N) is 1. The van der Waals surface area contributed by atoms with Crippen LogP contribution in [0.4, 0.5) is 0 Å². The van der Waals surface area contributed by atoms with Crippen LogP contribution in [0.5, 0.6) is 0 Å². The average molecular weight is 211 g/mol. The molecule has 2 fully saturated rings. The molecule has 0 aromatic carbocycles. The lowest BCUT2D eigenvalue weighted by molar-refractivity contribution is -0.142. The summed E-state index contributed by atoms with van der Waals surface area (Å²) >= 11 is 0. The predicted octanol–water partition coefficient (Wildman–Crippen LogP) is 1.81. The van der Waals surface area contributed by atoms with Crippen LogP contribution < -0.4 is 0 Å². The normalized spacial score (nSPS) is 27.7. The summed E-state index contributed by atoms with van der Waals surface area (Å²) in [5.41, 5.74) is 0. The molecule has 2 rings (SSSR count). The molecule has 1 saturated carbocycles. The minimum Gasteiger partial charge on any atom is -0.469 e. The first-order valence-electron chi connectivity index (χ1n) is 6.10. The Balaban J connectivity index is 1.83. The fraction of sp³-hybridized carbons (Fsp3) is 0.917. The van der Waals surface area contributed by atoms with E-state index in [0.29, 0.717) is 12.5 Å². The Morgan fingerprint density at radius 3 is 2.80 bits per heavy atom. The maximum Gasteiger partial charge on any atom is 0.307 e. The first-order valence-corrected chi connectivity index (χ1v) is 6.10. The zero-order valence-corrected chi connectivity index (χ0v) is 9.58. The molecule has 0 spiro atoms. The molecular weight excluding hydrogens is 190 g/mol. The lowest BCUT2D eigenvalue weighted by atomic mass is 9.99. The van der Waals surface area contributed by atoms with Crippen LogP contribution in [0.15, 0.2) is 0 Å². The Morgan fingerprint density at radius 1 is 1.33 bits per heavy atom. The molecule has 0 N–H and O–H groups in total. The SMILES string of the molecule is COC(=O)CC1CCCCN1CC1CC1. The van der Waals surface area contributed by atoms with Crippen LogP contribution in [0.1, 0.15) is 38.5 Å². The standard InChI is InChI=1S/C12H21NO2/c1-15-12(14)8-11-4-2-3-7-13(11)9-10-5-6-10/h10-11H,2-9H2,1H3. The predicted molar refractivity (Wildman–Crippen MR) is 58.6 cm³/mol. The van der Waals surface area contributed by atoms with Crippen molar-refractivity contribution in [1.82, 2.24) is 4.90 Å². The average Bonchev–Trinajstić information content (AvgIpc) is 3.04. The zero-order chi connectivity index (χ0) is 10.7. The van der Waals surface area contributed by atoms with Crippen LogP contribution in [0.3, 0.4) is 0 Å². The van der Waals surface area contributed by atoms with Crippen molar-refractivity contribution in [1.29, 1.82) is 0 Å². The van der Waals surface area contributed by atoms with Gasteiger partial charge in [0, 0.05) is 12.6 Å². The fourth-order valence-electron chi connectivity index (χ4n) is 2.44. The van der Waals surface area contributed by atoms with Crippen LogP contribution in [-0.4, -0.2) is 37.1 Å². The van der Waals surface area contributed by atoms with Crippen LogP contribution in [-0.2, 0) is 9.53 Å². The van der Waals surface area contributed by atoms with Crippen molar-refractivity contribution in [3.8, 4) is 0 Å². The molecule has 86 valence electrons. The molecule has 1 aliphatic heterocycles. The van der Waals surface area contributed by atoms with E-state index in [4.69, 9.17) is 4.74 Å². The maximum atomic E-state index is 11.3. The van der Waals surface area contributed by atoms with Crippen molar-refractivity contribution in [2.75, 3.05) is 20.2 Å². The Kier molecular flexibility index (Phi) is 3.62. The van der Waals surface area contributed by atoms with Crippen molar-refractivity contribution in [2.24, 2.45) is 5.92 Å². The molecule has 0 aromatic rings. The van der Waals surface area contributed by atoms with Gasteiger partial charge in [-0.25, -0.2) is 0 Å². The van der Waals surface area contributed by atoms with Crippen molar-refractivity contribution >= 4 is 5.97 Å². The summed E-state index contributed by atoms with van der Waals surface area (Å²) in [5.74, 6) is 0.867. The topological polar surface area (TPSA) is 29.5 Å². The monoisotopic (exact) mass is 211 g/mol. The minimum absolute atomic E-state index is 0.0531. The Bertz CT molecular complexity index is 226. The highest BCUT2D eigenvalue weighted by molar-refractivity contribution is 5.69. The third-order valence-electron chi connectivity index (χ3n) is 3.57. The van der Waals surface area contributed by atoms with E-state index in [2.05, 4.69) is 4.90 Å². The summed E-state index contributed by atoms with van der Waals surface area (Å²) in [6.45, 7) is 2.39. The van der Waals surface area contributed by atoms with Crippen LogP contribution in [0.2, 0.25) is 0 Å². The van der Waals surface area contributed by atoms with E-state index in [1.165, 1.54) is 52.3 Å². The van der Waals surface area contributed by atoms with Gasteiger partial charge in [0.2, 0.25) is 0 Å². The first-order chi connectivity index (χ1) is 7.29. The molecular formula is C12H21NO2. The van der Waals surface area contributed by atoms with Crippen LogP contribution in [0.25, 0.3) is 0 Å². The highest BCUT2D eigenvalue weighted by atomic mass is 16.5. The van der Waals surface area contributed by atoms with Gasteiger partial charge in [0.15, 0.2) is 0 Å². The summed E-state index contributed by atoms with van der Waals surface area (Å²) in [4.78, 5) is 13.8. The number of hydrogen-bond donors (Lipinski definition) is 0. The molecule has 0 amide bonds. The van der Waals surface area contributed by atoms with Crippen molar-refractivity contribution in [2.45, 2.75) is 44.6 Å². The molecule has 3 nitrogen and oxygen atoms in total. The van der Waals surface area contributed by atoms with Gasteiger partial charge >= 0.3 is 5.97 Å². The molecule has 0 aromatic heterocycles. The van der Waals surface area contributed by atoms with Gasteiger partial charge in [0.1, 0.15) is 0 Å². The van der Waals surface area contributed by atoms with Gasteiger partial charge in [-0.15, -0.1) is 0 Å². The summed E-state index contributed by atoms with van der Waals surface area (Å²) in [6, 6.07) is 0.451. The number of carbonyl (C=O) groups excluding carboxylic acids is 1. The molecule has 0 bridgehead atoms. The van der Waals surface area contributed by atoms with E-state index in [0.717, 1.165) is 5.92 Å². The number of esters is 1. The van der Waals surface area contributed by atoms with Gasteiger partial charge in [-0.05, 0) is 38.1 Å². The summed E-state index contributed by atoms with van der Waals surface area (Å²) < 4.78 is 4.76. The first kappa shape index (κ1) is 10.9. The molecule has 15 heavy (non-hydrogen) atoms. The van der Waals surface area contributed by atoms with E-state index in [1.54, 1.807) is 0 Å². The lowest BCUT2D eigenvalue weighted by Crippen LogP contribution is -2.42. The van der Waals surface area contributed by atoms with Gasteiger partial charge in [-0.1, -0.05) is 6.42 Å². The summed E-state index contributed by atoms with van der Waals surface area (Å²) in [7, 11) is 1.48. The second-order valence-corrected chi connectivity index (χ2v) is 4.87. The van der Waals surface area contributed by atoms with Gasteiger partial charge in [0.05, 0.1) is 13.5 Å². The van der Waals surface area contributed by atoms with E-state index in [-0.39, 0.29) is 5.97 Å². The Hall–Kier alpha value is -0.570. The molecule has 1 saturated heterocycles. The number of methoxy groups -OCH3 is 1. The number of hydrogen-bond acceptors (Lipinski definition) is 3. The number of likely N-dealkylation sites (tertiary alicyclic amines) is 1. The van der Waals surface area contributed by atoms with Gasteiger partial charge in [-0.2, -0.15) is 0 Å². The van der Waals surface area contributed by atoms with Gasteiger partial charge in [-0.3, -0.25) is 9.69 Å². The van der Waals surface area contributed by atoms with Crippen molar-refractivity contribution in [3.63, 3.8) is 0 Å². The number of ether oxygens (including phenoxy) is 1. The number of piperidine rings is 1. The fourth-order valence-corrected chi connectivity index (χ4v) is 2.44. The molecule has 3 heteroatoms. The van der Waals surface area contributed by atoms with E-state index in [1.807, 2.05) is 0 Å². The van der Waals surface area contributed by atoms with E-state index in [9.17, 15) is 4.79 Å². The maximum absolute atomic E-state index is 11.3. The third-order valence-corrected chi connectivity index (χ3v) is 3.57. The highest BCUT2D eigenvalue weighted by Crippen LogP contribution is 2.32. The van der Waals surface area contributed by atoms with Crippen molar-refractivity contribution < 1.29 is 9.53 Å². The van der Waals surface area contributed by atoms with Crippen LogP contribution >= 0.6 is 0 Å². The lowest BCUT2D eigenvalue weighted by Gasteiger charge is -2.35. The van der Waals surface area contributed by atoms with E-state index < -0.39 is 0 Å². The Morgan fingerprint density at radius 2 is 2.13 bits per heavy atom. The zero-order valence-electron chi connectivity index (χ0n) is 9.58. The third kappa shape index (κ3) is 3.20. The molecule has 1 aliphatic carbocycles. The molecule has 1 heterocycles.